The number of nitrogen functional groups attached to an aromatic ring is 1. The number of hydrogen-bond acceptors (Lipinski definition) is 4. The van der Waals surface area contributed by atoms with Gasteiger partial charge in [0.25, 0.3) is 5.56 Å². The molecule has 0 bridgehead atoms. The van der Waals surface area contributed by atoms with Gasteiger partial charge in [-0.15, -0.1) is 0 Å². The van der Waals surface area contributed by atoms with Crippen molar-refractivity contribution in [3.05, 3.63) is 81.9 Å². The van der Waals surface area contributed by atoms with E-state index in [1.165, 1.54) is 0 Å². The average molecular weight is 356 g/mol. The molecule has 0 aliphatic rings. The number of pyridine rings is 1. The second-order valence-corrected chi connectivity index (χ2v) is 6.90. The molecule has 134 valence electrons. The van der Waals surface area contributed by atoms with Gasteiger partial charge in [0.15, 0.2) is 0 Å². The fraction of sp³-hybridized carbons (Fsp3) is 0.136. The van der Waals surface area contributed by atoms with E-state index < -0.39 is 0 Å². The third kappa shape index (κ3) is 3.08. The Morgan fingerprint density at radius 2 is 1.70 bits per heavy atom. The molecule has 2 aromatic carbocycles. The summed E-state index contributed by atoms with van der Waals surface area (Å²) in [5.41, 5.74) is 11.9. The Morgan fingerprint density at radius 3 is 2.44 bits per heavy atom. The van der Waals surface area contributed by atoms with Crippen molar-refractivity contribution < 1.29 is 0 Å². The molecule has 4 rings (SSSR count). The van der Waals surface area contributed by atoms with Crippen molar-refractivity contribution in [2.24, 2.45) is 0 Å². The zero-order valence-corrected chi connectivity index (χ0v) is 15.5. The van der Waals surface area contributed by atoms with Gasteiger partial charge in [-0.05, 0) is 73.4 Å². The first-order valence-electron chi connectivity index (χ1n) is 8.76. The van der Waals surface area contributed by atoms with Gasteiger partial charge in [0.2, 0.25) is 5.95 Å². The maximum atomic E-state index is 13.3. The third-order valence-corrected chi connectivity index (χ3v) is 4.67. The van der Waals surface area contributed by atoms with Crippen molar-refractivity contribution in [1.82, 2.24) is 14.5 Å². The van der Waals surface area contributed by atoms with Gasteiger partial charge < -0.3 is 5.73 Å². The van der Waals surface area contributed by atoms with Crippen molar-refractivity contribution in [2.75, 3.05) is 5.73 Å². The largest absolute Gasteiger partial charge is 0.368 e. The van der Waals surface area contributed by atoms with Crippen molar-refractivity contribution in [2.45, 2.75) is 20.8 Å². The lowest BCUT2D eigenvalue weighted by Gasteiger charge is -2.13. The summed E-state index contributed by atoms with van der Waals surface area (Å²) < 4.78 is 1.70. The van der Waals surface area contributed by atoms with Gasteiger partial charge >= 0.3 is 0 Å². The quantitative estimate of drug-likeness (QED) is 0.590. The second-order valence-electron chi connectivity index (χ2n) is 6.90. The zero-order chi connectivity index (χ0) is 19.1. The number of aromatic nitrogens is 3. The summed E-state index contributed by atoms with van der Waals surface area (Å²) in [5.74, 6) is 0.239. The predicted octanol–water partition coefficient (Wildman–Crippen LogP) is 3.96. The number of anilines is 1. The number of fused-ring (bicyclic) bond motifs is 1. The van der Waals surface area contributed by atoms with Crippen LogP contribution in [0.1, 0.15) is 16.7 Å². The molecule has 2 N–H and O–H groups in total. The molecule has 0 unspecified atom stereocenters. The second kappa shape index (κ2) is 6.36. The van der Waals surface area contributed by atoms with Crippen LogP contribution in [0.4, 0.5) is 5.95 Å². The minimum Gasteiger partial charge on any atom is -0.368 e. The van der Waals surface area contributed by atoms with E-state index >= 15 is 0 Å². The van der Waals surface area contributed by atoms with Crippen molar-refractivity contribution >= 4 is 16.9 Å². The van der Waals surface area contributed by atoms with Crippen molar-refractivity contribution in [1.29, 1.82) is 0 Å². The maximum absolute atomic E-state index is 13.3. The van der Waals surface area contributed by atoms with Crippen LogP contribution in [-0.4, -0.2) is 14.5 Å². The van der Waals surface area contributed by atoms with Crippen LogP contribution in [0.3, 0.4) is 0 Å². The van der Waals surface area contributed by atoms with Crippen LogP contribution in [0.15, 0.2) is 59.7 Å². The van der Waals surface area contributed by atoms with Gasteiger partial charge in [-0.3, -0.25) is 9.36 Å². The molecule has 0 saturated carbocycles. The van der Waals surface area contributed by atoms with E-state index in [1.54, 1.807) is 10.8 Å². The van der Waals surface area contributed by atoms with Crippen LogP contribution in [-0.2, 0) is 0 Å². The lowest BCUT2D eigenvalue weighted by molar-refractivity contribution is 0.980. The summed E-state index contributed by atoms with van der Waals surface area (Å²) in [4.78, 5) is 21.6. The number of nitrogens with zero attached hydrogens (tertiary/aromatic N) is 3. The predicted molar refractivity (Wildman–Crippen MR) is 109 cm³/mol. The molecule has 0 fully saturated rings. The van der Waals surface area contributed by atoms with Crippen LogP contribution in [0, 0.1) is 20.8 Å². The smallest absolute Gasteiger partial charge is 0.263 e. The van der Waals surface area contributed by atoms with Gasteiger partial charge in [0.05, 0.1) is 11.1 Å². The summed E-state index contributed by atoms with van der Waals surface area (Å²) >= 11 is 0. The Balaban J connectivity index is 1.93. The fourth-order valence-corrected chi connectivity index (χ4v) is 3.47. The molecular formula is C22H20N4O. The van der Waals surface area contributed by atoms with Crippen LogP contribution in [0.25, 0.3) is 27.7 Å². The highest BCUT2D eigenvalue weighted by molar-refractivity contribution is 5.85. The molecule has 5 heteroatoms. The van der Waals surface area contributed by atoms with Crippen LogP contribution in [0.2, 0.25) is 0 Å². The number of aryl methyl sites for hydroxylation is 3. The highest BCUT2D eigenvalue weighted by Gasteiger charge is 2.12. The van der Waals surface area contributed by atoms with Crippen molar-refractivity contribution in [3.63, 3.8) is 0 Å². The standard InChI is InChI=1S/C22H20N4O/c1-13-8-14(2)10-18(9-13)26-7-6-15(3)20(21(26)27)16-4-5-19-17(11-16)12-24-22(23)25-19/h4-12H,1-3H3,(H2,23,24,25). The van der Waals surface area contributed by atoms with E-state index in [0.717, 1.165) is 38.8 Å². The SMILES string of the molecule is Cc1cc(C)cc(-n2ccc(C)c(-c3ccc4nc(N)ncc4c3)c2=O)c1. The van der Waals surface area contributed by atoms with E-state index in [0.29, 0.717) is 5.56 Å². The highest BCUT2D eigenvalue weighted by atomic mass is 16.1. The molecule has 0 saturated heterocycles. The molecule has 27 heavy (non-hydrogen) atoms. The van der Waals surface area contributed by atoms with Crippen LogP contribution < -0.4 is 11.3 Å². The molecule has 4 aromatic rings. The molecule has 0 amide bonds. The Morgan fingerprint density at radius 1 is 0.963 bits per heavy atom. The first kappa shape index (κ1) is 17.0. The van der Waals surface area contributed by atoms with E-state index in [4.69, 9.17) is 5.73 Å². The van der Waals surface area contributed by atoms with Gasteiger partial charge in [0.1, 0.15) is 0 Å². The summed E-state index contributed by atoms with van der Waals surface area (Å²) in [6.45, 7) is 6.02. The summed E-state index contributed by atoms with van der Waals surface area (Å²) in [6, 6.07) is 13.8. The fourth-order valence-electron chi connectivity index (χ4n) is 3.47. The Kier molecular flexibility index (Phi) is 4.00. The topological polar surface area (TPSA) is 73.8 Å². The normalized spacial score (nSPS) is 11.1. The average Bonchev–Trinajstić information content (AvgIpc) is 2.61. The summed E-state index contributed by atoms with van der Waals surface area (Å²) in [6.07, 6.45) is 3.52. The number of rotatable bonds is 2. The first-order valence-corrected chi connectivity index (χ1v) is 8.76. The minimum absolute atomic E-state index is 0.0456. The number of benzene rings is 2. The Labute approximate surface area is 157 Å². The summed E-state index contributed by atoms with van der Waals surface area (Å²) in [5, 5.41) is 0.849. The lowest BCUT2D eigenvalue weighted by Crippen LogP contribution is -2.20. The highest BCUT2D eigenvalue weighted by Crippen LogP contribution is 2.24. The van der Waals surface area contributed by atoms with E-state index in [9.17, 15) is 4.79 Å². The van der Waals surface area contributed by atoms with E-state index in [-0.39, 0.29) is 11.5 Å². The van der Waals surface area contributed by atoms with E-state index in [1.807, 2.05) is 63.4 Å². The monoisotopic (exact) mass is 356 g/mol. The first-order chi connectivity index (χ1) is 12.9. The number of nitrogens with two attached hydrogens (primary N) is 1. The van der Waals surface area contributed by atoms with Gasteiger partial charge in [-0.2, -0.15) is 0 Å². The van der Waals surface area contributed by atoms with Crippen LogP contribution in [0.5, 0.6) is 0 Å². The summed E-state index contributed by atoms with van der Waals surface area (Å²) in [7, 11) is 0. The maximum Gasteiger partial charge on any atom is 0.263 e. The Bertz CT molecular complexity index is 1220. The zero-order valence-electron chi connectivity index (χ0n) is 15.5. The van der Waals surface area contributed by atoms with Gasteiger partial charge in [-0.25, -0.2) is 9.97 Å². The van der Waals surface area contributed by atoms with Crippen LogP contribution >= 0.6 is 0 Å². The van der Waals surface area contributed by atoms with E-state index in [2.05, 4.69) is 16.0 Å². The van der Waals surface area contributed by atoms with Gasteiger partial charge in [-0.1, -0.05) is 12.1 Å². The lowest BCUT2D eigenvalue weighted by atomic mass is 10.0. The number of hydrogen-bond donors (Lipinski definition) is 1. The molecule has 2 heterocycles. The molecule has 0 spiro atoms. The molecule has 0 aliphatic heterocycles. The van der Waals surface area contributed by atoms with Crippen molar-refractivity contribution in [3.8, 4) is 16.8 Å². The van der Waals surface area contributed by atoms with Gasteiger partial charge in [0, 0.05) is 23.5 Å². The third-order valence-electron chi connectivity index (χ3n) is 4.67. The molecule has 2 aromatic heterocycles. The molecular weight excluding hydrogens is 336 g/mol. The Hall–Kier alpha value is -3.47. The molecule has 0 aliphatic carbocycles. The molecule has 0 atom stereocenters. The molecule has 5 nitrogen and oxygen atoms in total. The molecule has 0 radical (unpaired) electrons. The minimum atomic E-state index is -0.0456.